The summed E-state index contributed by atoms with van der Waals surface area (Å²) in [7, 11) is 1.34. The summed E-state index contributed by atoms with van der Waals surface area (Å²) in [6, 6.07) is 7.03. The van der Waals surface area contributed by atoms with Crippen molar-refractivity contribution in [1.82, 2.24) is 5.32 Å². The summed E-state index contributed by atoms with van der Waals surface area (Å²) >= 11 is 0. The van der Waals surface area contributed by atoms with Crippen molar-refractivity contribution in [3.05, 3.63) is 35.4 Å². The number of methoxy groups -OCH3 is 1. The van der Waals surface area contributed by atoms with E-state index in [2.05, 4.69) is 12.2 Å². The van der Waals surface area contributed by atoms with Crippen LogP contribution in [0.15, 0.2) is 24.3 Å². The van der Waals surface area contributed by atoms with Crippen molar-refractivity contribution in [2.75, 3.05) is 7.11 Å². The molecule has 4 bridgehead atoms. The molecular formula is C21H27NO3. The van der Waals surface area contributed by atoms with Gasteiger partial charge >= 0.3 is 5.97 Å². The van der Waals surface area contributed by atoms with E-state index in [1.54, 1.807) is 24.3 Å². The van der Waals surface area contributed by atoms with E-state index in [9.17, 15) is 9.59 Å². The molecule has 0 saturated heterocycles. The molecule has 5 rings (SSSR count). The molecule has 1 amide bonds. The van der Waals surface area contributed by atoms with Crippen molar-refractivity contribution in [1.29, 1.82) is 0 Å². The van der Waals surface area contributed by atoms with E-state index in [-0.39, 0.29) is 17.4 Å². The Bertz CT molecular complexity index is 661. The Morgan fingerprint density at radius 2 is 1.56 bits per heavy atom. The molecule has 4 nitrogen and oxygen atoms in total. The maximum Gasteiger partial charge on any atom is 0.338 e. The van der Waals surface area contributed by atoms with Crippen LogP contribution < -0.4 is 5.32 Å². The van der Waals surface area contributed by atoms with Gasteiger partial charge in [0.05, 0.1) is 18.2 Å². The molecule has 1 unspecified atom stereocenters. The van der Waals surface area contributed by atoms with Gasteiger partial charge in [-0.1, -0.05) is 12.1 Å². The summed E-state index contributed by atoms with van der Waals surface area (Å²) in [5.41, 5.74) is 0.996. The molecule has 0 heterocycles. The van der Waals surface area contributed by atoms with Gasteiger partial charge in [0.2, 0.25) is 0 Å². The lowest BCUT2D eigenvalue weighted by atomic mass is 9.48. The van der Waals surface area contributed by atoms with Crippen molar-refractivity contribution in [3.63, 3.8) is 0 Å². The predicted octanol–water partition coefficient (Wildman–Crippen LogP) is 3.81. The molecule has 0 spiro atoms. The van der Waals surface area contributed by atoms with Crippen LogP contribution in [0.25, 0.3) is 0 Å². The zero-order chi connectivity index (χ0) is 17.6. The second-order valence-corrected chi connectivity index (χ2v) is 8.51. The van der Waals surface area contributed by atoms with Crippen molar-refractivity contribution >= 4 is 11.9 Å². The zero-order valence-electron chi connectivity index (χ0n) is 15.1. The Morgan fingerprint density at radius 3 is 2.08 bits per heavy atom. The van der Waals surface area contributed by atoms with Gasteiger partial charge in [0.15, 0.2) is 0 Å². The number of esters is 1. The Labute approximate surface area is 149 Å². The van der Waals surface area contributed by atoms with Crippen molar-refractivity contribution in [3.8, 4) is 0 Å². The fourth-order valence-electron chi connectivity index (χ4n) is 6.10. The highest BCUT2D eigenvalue weighted by Gasteiger charge is 2.53. The summed E-state index contributed by atoms with van der Waals surface area (Å²) in [6.45, 7) is 2.16. The number of ether oxygens (including phenoxy) is 1. The van der Waals surface area contributed by atoms with Gasteiger partial charge in [0.25, 0.3) is 5.91 Å². The van der Waals surface area contributed by atoms with Crippen molar-refractivity contribution in [2.24, 2.45) is 23.2 Å². The van der Waals surface area contributed by atoms with Gasteiger partial charge in [-0.05, 0) is 80.8 Å². The van der Waals surface area contributed by atoms with Gasteiger partial charge in [0, 0.05) is 6.04 Å². The highest BCUT2D eigenvalue weighted by molar-refractivity contribution is 6.05. The van der Waals surface area contributed by atoms with Gasteiger partial charge in [-0.15, -0.1) is 0 Å². The van der Waals surface area contributed by atoms with Crippen LogP contribution in [-0.2, 0) is 4.74 Å². The topological polar surface area (TPSA) is 55.4 Å². The summed E-state index contributed by atoms with van der Waals surface area (Å²) < 4.78 is 4.81. The highest BCUT2D eigenvalue weighted by atomic mass is 16.5. The molecule has 1 atom stereocenters. The van der Waals surface area contributed by atoms with Crippen LogP contribution in [0.1, 0.15) is 66.2 Å². The van der Waals surface area contributed by atoms with E-state index in [4.69, 9.17) is 4.74 Å². The van der Waals surface area contributed by atoms with Crippen LogP contribution in [0.2, 0.25) is 0 Å². The minimum Gasteiger partial charge on any atom is -0.465 e. The third kappa shape index (κ3) is 2.86. The fraction of sp³-hybridized carbons (Fsp3) is 0.619. The van der Waals surface area contributed by atoms with Gasteiger partial charge in [-0.3, -0.25) is 4.79 Å². The third-order valence-corrected chi connectivity index (χ3v) is 6.93. The lowest BCUT2D eigenvalue weighted by Gasteiger charge is -2.59. The first-order valence-corrected chi connectivity index (χ1v) is 9.49. The smallest absolute Gasteiger partial charge is 0.338 e. The highest BCUT2D eigenvalue weighted by Crippen LogP contribution is 2.61. The number of carbonyl (C=O) groups is 2. The summed E-state index contributed by atoms with van der Waals surface area (Å²) in [5, 5.41) is 3.23. The molecule has 134 valence electrons. The second kappa shape index (κ2) is 6.15. The van der Waals surface area contributed by atoms with Crippen LogP contribution >= 0.6 is 0 Å². The standard InChI is InChI=1S/C21H27NO3/c1-13(21-10-14-7-15(11-21)9-16(8-14)12-21)22-19(23)17-5-3-4-6-18(17)20(24)25-2/h3-6,13-16H,7-12H2,1-2H3,(H,22,23). The first-order chi connectivity index (χ1) is 12.0. The summed E-state index contributed by atoms with van der Waals surface area (Å²) in [5.74, 6) is 1.94. The minimum atomic E-state index is -0.465. The van der Waals surface area contributed by atoms with E-state index in [1.807, 2.05) is 0 Å². The number of benzene rings is 1. The van der Waals surface area contributed by atoms with E-state index >= 15 is 0 Å². The maximum atomic E-state index is 12.9. The third-order valence-electron chi connectivity index (χ3n) is 6.93. The largest absolute Gasteiger partial charge is 0.465 e. The number of amides is 1. The normalized spacial score (nSPS) is 33.8. The van der Waals surface area contributed by atoms with Gasteiger partial charge in [-0.25, -0.2) is 4.79 Å². The Hall–Kier alpha value is -1.84. The number of hydrogen-bond donors (Lipinski definition) is 1. The lowest BCUT2D eigenvalue weighted by Crippen LogP contribution is -2.55. The molecule has 4 aliphatic carbocycles. The number of carbonyl (C=O) groups excluding carboxylic acids is 2. The lowest BCUT2D eigenvalue weighted by molar-refractivity contribution is -0.0688. The molecular weight excluding hydrogens is 314 g/mol. The molecule has 1 N–H and O–H groups in total. The van der Waals surface area contributed by atoms with Crippen LogP contribution in [0.4, 0.5) is 0 Å². The Morgan fingerprint density at radius 1 is 1.04 bits per heavy atom. The second-order valence-electron chi connectivity index (χ2n) is 8.51. The van der Waals surface area contributed by atoms with Crippen LogP contribution in [-0.4, -0.2) is 25.0 Å². The van der Waals surface area contributed by atoms with Crippen LogP contribution in [0.5, 0.6) is 0 Å². The molecule has 4 fully saturated rings. The molecule has 4 heteroatoms. The van der Waals surface area contributed by atoms with E-state index in [0.717, 1.165) is 17.8 Å². The maximum absolute atomic E-state index is 12.9. The van der Waals surface area contributed by atoms with E-state index < -0.39 is 5.97 Å². The average molecular weight is 341 g/mol. The number of nitrogens with one attached hydrogen (secondary N) is 1. The van der Waals surface area contributed by atoms with Gasteiger partial charge in [-0.2, -0.15) is 0 Å². The SMILES string of the molecule is COC(=O)c1ccccc1C(=O)NC(C)C12CC3CC(CC(C3)C1)C2. The summed E-state index contributed by atoms with van der Waals surface area (Å²) in [4.78, 5) is 24.8. The first-order valence-electron chi connectivity index (χ1n) is 9.49. The average Bonchev–Trinajstić information content (AvgIpc) is 2.59. The molecule has 1 aromatic rings. The molecule has 0 aromatic heterocycles. The molecule has 1 aromatic carbocycles. The van der Waals surface area contributed by atoms with Crippen LogP contribution in [0, 0.1) is 23.2 Å². The number of rotatable bonds is 4. The van der Waals surface area contributed by atoms with Crippen molar-refractivity contribution < 1.29 is 14.3 Å². The zero-order valence-corrected chi connectivity index (χ0v) is 15.1. The van der Waals surface area contributed by atoms with Gasteiger partial charge in [0.1, 0.15) is 0 Å². The summed E-state index contributed by atoms with van der Waals surface area (Å²) in [6.07, 6.45) is 7.93. The van der Waals surface area contributed by atoms with E-state index in [1.165, 1.54) is 45.6 Å². The predicted molar refractivity (Wildman–Crippen MR) is 95.3 cm³/mol. The van der Waals surface area contributed by atoms with Crippen LogP contribution in [0.3, 0.4) is 0 Å². The van der Waals surface area contributed by atoms with Gasteiger partial charge < -0.3 is 10.1 Å². The first kappa shape index (κ1) is 16.6. The minimum absolute atomic E-state index is 0.138. The Balaban J connectivity index is 1.53. The number of hydrogen-bond acceptors (Lipinski definition) is 3. The monoisotopic (exact) mass is 341 g/mol. The fourth-order valence-corrected chi connectivity index (χ4v) is 6.10. The molecule has 4 saturated carbocycles. The van der Waals surface area contributed by atoms with E-state index in [0.29, 0.717) is 11.1 Å². The molecule has 25 heavy (non-hydrogen) atoms. The molecule has 4 aliphatic rings. The Kier molecular flexibility index (Phi) is 4.09. The molecule has 0 radical (unpaired) electrons. The molecule has 0 aliphatic heterocycles. The quantitative estimate of drug-likeness (QED) is 0.847. The van der Waals surface area contributed by atoms with Crippen molar-refractivity contribution in [2.45, 2.75) is 51.5 Å².